The summed E-state index contributed by atoms with van der Waals surface area (Å²) in [6, 6.07) is 9.12. The molecule has 0 unspecified atom stereocenters. The van der Waals surface area contributed by atoms with E-state index in [9.17, 15) is 21.2 Å². The highest BCUT2D eigenvalue weighted by Gasteiger charge is 2.17. The Labute approximate surface area is 134 Å². The lowest BCUT2D eigenvalue weighted by Crippen LogP contribution is -2.16. The molecule has 0 atom stereocenters. The molecule has 0 aliphatic heterocycles. The molecule has 2 rings (SSSR count). The third-order valence-corrected chi connectivity index (χ3v) is 4.82. The summed E-state index contributed by atoms with van der Waals surface area (Å²) in [6.07, 6.45) is 0.911. The summed E-state index contributed by atoms with van der Waals surface area (Å²) >= 11 is 0. The van der Waals surface area contributed by atoms with Gasteiger partial charge in [0, 0.05) is 6.07 Å². The van der Waals surface area contributed by atoms with Crippen molar-refractivity contribution in [3.05, 3.63) is 53.8 Å². The summed E-state index contributed by atoms with van der Waals surface area (Å²) in [5.74, 6) is -0.703. The van der Waals surface area contributed by atoms with Gasteiger partial charge in [-0.1, -0.05) is 17.7 Å². The molecule has 0 saturated carbocycles. The predicted molar refractivity (Wildman–Crippen MR) is 86.9 cm³/mol. The van der Waals surface area contributed by atoms with Gasteiger partial charge in [0.25, 0.3) is 10.0 Å². The number of hydrogen-bond donors (Lipinski definition) is 2. The lowest BCUT2D eigenvalue weighted by atomic mass is 10.2. The fourth-order valence-electron chi connectivity index (χ4n) is 1.81. The molecule has 2 aromatic rings. The molecular weight excluding hydrogens is 343 g/mol. The van der Waals surface area contributed by atoms with E-state index in [0.717, 1.165) is 30.0 Å². The van der Waals surface area contributed by atoms with Crippen LogP contribution in [0.4, 0.5) is 15.8 Å². The van der Waals surface area contributed by atoms with Crippen molar-refractivity contribution in [2.75, 3.05) is 15.7 Å². The first kappa shape index (κ1) is 17.2. The van der Waals surface area contributed by atoms with Crippen LogP contribution in [0.25, 0.3) is 0 Å². The van der Waals surface area contributed by atoms with Gasteiger partial charge < -0.3 is 0 Å². The standard InChI is InChI=1S/C14H15FN2O4S2/c1-10-3-6-12(7-4-10)23(20,21)17-14-9-11(15)5-8-13(14)16-22(2,18)19/h3-9,16-17H,1-2H3. The van der Waals surface area contributed by atoms with E-state index < -0.39 is 25.9 Å². The molecule has 0 amide bonds. The van der Waals surface area contributed by atoms with Crippen LogP contribution in [0.5, 0.6) is 0 Å². The van der Waals surface area contributed by atoms with Gasteiger partial charge in [0.2, 0.25) is 10.0 Å². The molecule has 23 heavy (non-hydrogen) atoms. The Morgan fingerprint density at radius 1 is 0.870 bits per heavy atom. The summed E-state index contributed by atoms with van der Waals surface area (Å²) in [6.45, 7) is 1.81. The Morgan fingerprint density at radius 2 is 1.48 bits per heavy atom. The van der Waals surface area contributed by atoms with Crippen LogP contribution in [0.3, 0.4) is 0 Å². The number of rotatable bonds is 5. The van der Waals surface area contributed by atoms with E-state index in [-0.39, 0.29) is 16.3 Å². The summed E-state index contributed by atoms with van der Waals surface area (Å²) < 4.78 is 65.0. The van der Waals surface area contributed by atoms with E-state index in [1.165, 1.54) is 12.1 Å². The second kappa shape index (κ2) is 6.17. The Hall–Kier alpha value is -2.13. The van der Waals surface area contributed by atoms with Gasteiger partial charge in [-0.25, -0.2) is 21.2 Å². The van der Waals surface area contributed by atoms with E-state index in [0.29, 0.717) is 0 Å². The normalized spacial score (nSPS) is 12.0. The van der Waals surface area contributed by atoms with Crippen molar-refractivity contribution in [3.63, 3.8) is 0 Å². The minimum absolute atomic E-state index is 0.0160. The van der Waals surface area contributed by atoms with Gasteiger partial charge in [0.05, 0.1) is 22.5 Å². The molecule has 6 nitrogen and oxygen atoms in total. The van der Waals surface area contributed by atoms with E-state index >= 15 is 0 Å². The van der Waals surface area contributed by atoms with Gasteiger partial charge in [0.15, 0.2) is 0 Å². The summed E-state index contributed by atoms with van der Waals surface area (Å²) in [4.78, 5) is -0.0160. The Kier molecular flexibility index (Phi) is 4.62. The third-order valence-electron chi connectivity index (χ3n) is 2.85. The summed E-state index contributed by atoms with van der Waals surface area (Å²) in [5, 5.41) is 0. The van der Waals surface area contributed by atoms with Crippen molar-refractivity contribution >= 4 is 31.4 Å². The fourth-order valence-corrected chi connectivity index (χ4v) is 3.46. The molecule has 0 fully saturated rings. The van der Waals surface area contributed by atoms with Crippen LogP contribution in [0.1, 0.15) is 5.56 Å². The predicted octanol–water partition coefficient (Wildman–Crippen LogP) is 2.31. The molecule has 0 radical (unpaired) electrons. The lowest BCUT2D eigenvalue weighted by molar-refractivity contribution is 0.600. The molecule has 0 spiro atoms. The van der Waals surface area contributed by atoms with Crippen LogP contribution in [-0.4, -0.2) is 23.1 Å². The zero-order chi connectivity index (χ0) is 17.3. The quantitative estimate of drug-likeness (QED) is 0.858. The van der Waals surface area contributed by atoms with E-state index in [4.69, 9.17) is 0 Å². The highest BCUT2D eigenvalue weighted by Crippen LogP contribution is 2.26. The van der Waals surface area contributed by atoms with Crippen LogP contribution in [0.2, 0.25) is 0 Å². The molecule has 9 heteroatoms. The minimum atomic E-state index is -3.98. The topological polar surface area (TPSA) is 92.3 Å². The Bertz CT molecular complexity index is 924. The zero-order valence-electron chi connectivity index (χ0n) is 12.4. The van der Waals surface area contributed by atoms with Crippen molar-refractivity contribution in [2.45, 2.75) is 11.8 Å². The Morgan fingerprint density at radius 3 is 2.04 bits per heavy atom. The number of sulfonamides is 2. The number of benzene rings is 2. The largest absolute Gasteiger partial charge is 0.282 e. The molecule has 0 aliphatic carbocycles. The van der Waals surface area contributed by atoms with Crippen LogP contribution < -0.4 is 9.44 Å². The second-order valence-electron chi connectivity index (χ2n) is 4.98. The molecule has 2 N–H and O–H groups in total. The van der Waals surface area contributed by atoms with Crippen molar-refractivity contribution in [3.8, 4) is 0 Å². The van der Waals surface area contributed by atoms with E-state index in [1.807, 2.05) is 6.92 Å². The highest BCUT2D eigenvalue weighted by atomic mass is 32.2. The van der Waals surface area contributed by atoms with Gasteiger partial charge in [-0.15, -0.1) is 0 Å². The minimum Gasteiger partial charge on any atom is -0.282 e. The third kappa shape index (κ3) is 4.67. The van der Waals surface area contributed by atoms with Crippen molar-refractivity contribution < 1.29 is 21.2 Å². The molecule has 0 bridgehead atoms. The van der Waals surface area contributed by atoms with Gasteiger partial charge in [0.1, 0.15) is 5.82 Å². The van der Waals surface area contributed by atoms with E-state index in [1.54, 1.807) is 12.1 Å². The summed E-state index contributed by atoms with van der Waals surface area (Å²) in [5.41, 5.74) is 0.620. The zero-order valence-corrected chi connectivity index (χ0v) is 14.0. The molecule has 0 aromatic heterocycles. The van der Waals surface area contributed by atoms with Gasteiger partial charge >= 0.3 is 0 Å². The van der Waals surface area contributed by atoms with Crippen molar-refractivity contribution in [1.82, 2.24) is 0 Å². The van der Waals surface area contributed by atoms with Crippen LogP contribution in [0.15, 0.2) is 47.4 Å². The first-order chi connectivity index (χ1) is 10.6. The number of halogens is 1. The Balaban J connectivity index is 2.42. The lowest BCUT2D eigenvalue weighted by Gasteiger charge is -2.13. The highest BCUT2D eigenvalue weighted by molar-refractivity contribution is 7.93. The molecule has 2 aromatic carbocycles. The average Bonchev–Trinajstić information content (AvgIpc) is 2.41. The van der Waals surface area contributed by atoms with Gasteiger partial charge in [-0.2, -0.15) is 0 Å². The molecular formula is C14H15FN2O4S2. The van der Waals surface area contributed by atoms with Crippen LogP contribution in [-0.2, 0) is 20.0 Å². The van der Waals surface area contributed by atoms with Crippen LogP contribution in [0, 0.1) is 12.7 Å². The van der Waals surface area contributed by atoms with Gasteiger partial charge in [-0.05, 0) is 31.2 Å². The molecule has 0 heterocycles. The monoisotopic (exact) mass is 358 g/mol. The first-order valence-corrected chi connectivity index (χ1v) is 9.81. The molecule has 124 valence electrons. The number of anilines is 2. The maximum absolute atomic E-state index is 13.4. The number of hydrogen-bond acceptors (Lipinski definition) is 4. The summed E-state index contributed by atoms with van der Waals surface area (Å²) in [7, 11) is -7.62. The average molecular weight is 358 g/mol. The number of nitrogens with one attached hydrogen (secondary N) is 2. The fraction of sp³-hybridized carbons (Fsp3) is 0.143. The SMILES string of the molecule is Cc1ccc(S(=O)(=O)Nc2cc(F)ccc2NS(C)(=O)=O)cc1. The molecule has 0 saturated heterocycles. The molecule has 0 aliphatic rings. The van der Waals surface area contributed by atoms with E-state index in [2.05, 4.69) is 9.44 Å². The second-order valence-corrected chi connectivity index (χ2v) is 8.41. The smallest absolute Gasteiger partial charge is 0.261 e. The van der Waals surface area contributed by atoms with Crippen molar-refractivity contribution in [2.24, 2.45) is 0 Å². The number of aryl methyl sites for hydroxylation is 1. The maximum atomic E-state index is 13.4. The van der Waals surface area contributed by atoms with Crippen molar-refractivity contribution in [1.29, 1.82) is 0 Å². The maximum Gasteiger partial charge on any atom is 0.261 e. The van der Waals surface area contributed by atoms with Gasteiger partial charge in [-0.3, -0.25) is 9.44 Å². The van der Waals surface area contributed by atoms with Crippen LogP contribution >= 0.6 is 0 Å². The first-order valence-electron chi connectivity index (χ1n) is 6.44.